The number of nitro benzene ring substituents is 1. The average Bonchev–Trinajstić information content (AvgIpc) is 2.69. The first-order valence-electron chi connectivity index (χ1n) is 8.87. The quantitative estimate of drug-likeness (QED) is 0.598. The van der Waals surface area contributed by atoms with Crippen LogP contribution in [0, 0.1) is 17.0 Å². The molecule has 0 aliphatic carbocycles. The van der Waals surface area contributed by atoms with E-state index in [9.17, 15) is 14.9 Å². The highest BCUT2D eigenvalue weighted by Crippen LogP contribution is 2.28. The SMILES string of the molecule is COc1ccc(C(=O)N2CCN(Cc3ccc(C)cc3)CC2)cc1[N+](=O)[O-]. The fraction of sp³-hybridized carbons (Fsp3) is 0.350. The highest BCUT2D eigenvalue weighted by atomic mass is 16.6. The third kappa shape index (κ3) is 4.43. The van der Waals surface area contributed by atoms with Gasteiger partial charge in [0.15, 0.2) is 5.75 Å². The summed E-state index contributed by atoms with van der Waals surface area (Å²) >= 11 is 0. The highest BCUT2D eigenvalue weighted by Gasteiger charge is 2.25. The lowest BCUT2D eigenvalue weighted by atomic mass is 10.1. The molecule has 1 aliphatic heterocycles. The molecule has 2 aromatic rings. The highest BCUT2D eigenvalue weighted by molar-refractivity contribution is 5.95. The molecule has 7 heteroatoms. The summed E-state index contributed by atoms with van der Waals surface area (Å²) < 4.78 is 4.99. The van der Waals surface area contributed by atoms with Crippen LogP contribution in [0.1, 0.15) is 21.5 Å². The van der Waals surface area contributed by atoms with Gasteiger partial charge in [-0.3, -0.25) is 19.8 Å². The average molecular weight is 369 g/mol. The minimum atomic E-state index is -0.533. The Labute approximate surface area is 158 Å². The number of rotatable bonds is 5. The summed E-state index contributed by atoms with van der Waals surface area (Å²) in [6.07, 6.45) is 0. The first-order valence-corrected chi connectivity index (χ1v) is 8.87. The molecular weight excluding hydrogens is 346 g/mol. The summed E-state index contributed by atoms with van der Waals surface area (Å²) in [6, 6.07) is 12.8. The molecule has 0 saturated carbocycles. The van der Waals surface area contributed by atoms with E-state index in [1.165, 1.54) is 30.4 Å². The van der Waals surface area contributed by atoms with Gasteiger partial charge >= 0.3 is 5.69 Å². The van der Waals surface area contributed by atoms with Gasteiger partial charge in [0.2, 0.25) is 0 Å². The van der Waals surface area contributed by atoms with Crippen molar-refractivity contribution in [1.29, 1.82) is 0 Å². The Balaban J connectivity index is 1.62. The minimum Gasteiger partial charge on any atom is -0.490 e. The number of hydrogen-bond acceptors (Lipinski definition) is 5. The fourth-order valence-corrected chi connectivity index (χ4v) is 3.21. The smallest absolute Gasteiger partial charge is 0.311 e. The van der Waals surface area contributed by atoms with Gasteiger partial charge in [0.1, 0.15) is 0 Å². The van der Waals surface area contributed by atoms with Crippen molar-refractivity contribution < 1.29 is 14.5 Å². The Morgan fingerprint density at radius 2 is 1.78 bits per heavy atom. The van der Waals surface area contributed by atoms with Crippen LogP contribution in [0.15, 0.2) is 42.5 Å². The number of hydrogen-bond donors (Lipinski definition) is 0. The molecule has 1 amide bonds. The van der Waals surface area contributed by atoms with Crippen LogP contribution in [0.3, 0.4) is 0 Å². The topological polar surface area (TPSA) is 75.9 Å². The van der Waals surface area contributed by atoms with E-state index >= 15 is 0 Å². The van der Waals surface area contributed by atoms with E-state index in [1.807, 2.05) is 0 Å². The second kappa shape index (κ2) is 8.18. The Hall–Kier alpha value is -2.93. The number of carbonyl (C=O) groups excluding carboxylic acids is 1. The molecule has 3 rings (SSSR count). The summed E-state index contributed by atoms with van der Waals surface area (Å²) in [4.78, 5) is 27.4. The number of aryl methyl sites for hydroxylation is 1. The summed E-state index contributed by atoms with van der Waals surface area (Å²) in [5.41, 5.74) is 2.62. The molecule has 0 bridgehead atoms. The van der Waals surface area contributed by atoms with E-state index in [2.05, 4.69) is 36.1 Å². The largest absolute Gasteiger partial charge is 0.490 e. The van der Waals surface area contributed by atoms with Crippen molar-refractivity contribution in [2.75, 3.05) is 33.3 Å². The van der Waals surface area contributed by atoms with Gasteiger partial charge in [-0.25, -0.2) is 0 Å². The zero-order chi connectivity index (χ0) is 19.4. The van der Waals surface area contributed by atoms with Crippen molar-refractivity contribution in [2.45, 2.75) is 13.5 Å². The molecule has 1 aliphatic rings. The van der Waals surface area contributed by atoms with Crippen molar-refractivity contribution in [1.82, 2.24) is 9.80 Å². The fourth-order valence-electron chi connectivity index (χ4n) is 3.21. The van der Waals surface area contributed by atoms with Crippen LogP contribution in [-0.4, -0.2) is 53.9 Å². The predicted octanol–water partition coefficient (Wildman–Crippen LogP) is 2.87. The lowest BCUT2D eigenvalue weighted by Crippen LogP contribution is -2.48. The van der Waals surface area contributed by atoms with Crippen LogP contribution in [0.5, 0.6) is 5.75 Å². The van der Waals surface area contributed by atoms with Crippen LogP contribution in [0.2, 0.25) is 0 Å². The second-order valence-corrected chi connectivity index (χ2v) is 6.70. The van der Waals surface area contributed by atoms with E-state index in [4.69, 9.17) is 4.74 Å². The molecule has 7 nitrogen and oxygen atoms in total. The van der Waals surface area contributed by atoms with Crippen LogP contribution in [0.25, 0.3) is 0 Å². The first kappa shape index (κ1) is 18.8. The van der Waals surface area contributed by atoms with E-state index in [0.717, 1.165) is 19.6 Å². The molecule has 0 atom stereocenters. The van der Waals surface area contributed by atoms with Gasteiger partial charge in [0.25, 0.3) is 5.91 Å². The lowest BCUT2D eigenvalue weighted by molar-refractivity contribution is -0.385. The van der Waals surface area contributed by atoms with Gasteiger partial charge in [0, 0.05) is 44.4 Å². The third-order valence-corrected chi connectivity index (χ3v) is 4.81. The summed E-state index contributed by atoms with van der Waals surface area (Å²) in [5.74, 6) is -0.0322. The zero-order valence-electron chi connectivity index (χ0n) is 15.6. The normalized spacial score (nSPS) is 14.8. The molecular formula is C20H23N3O4. The van der Waals surface area contributed by atoms with Crippen LogP contribution < -0.4 is 4.74 Å². The Morgan fingerprint density at radius 3 is 2.37 bits per heavy atom. The molecule has 0 spiro atoms. The minimum absolute atomic E-state index is 0.152. The number of nitro groups is 1. The van der Waals surface area contributed by atoms with Gasteiger partial charge in [-0.15, -0.1) is 0 Å². The molecule has 0 aromatic heterocycles. The molecule has 1 saturated heterocycles. The molecule has 2 aromatic carbocycles. The van der Waals surface area contributed by atoms with E-state index < -0.39 is 4.92 Å². The van der Waals surface area contributed by atoms with Crippen molar-refractivity contribution in [3.63, 3.8) is 0 Å². The van der Waals surface area contributed by atoms with Crippen molar-refractivity contribution in [2.24, 2.45) is 0 Å². The number of carbonyl (C=O) groups is 1. The number of piperazine rings is 1. The number of benzene rings is 2. The van der Waals surface area contributed by atoms with Crippen molar-refractivity contribution in [3.8, 4) is 5.75 Å². The van der Waals surface area contributed by atoms with Gasteiger partial charge in [0.05, 0.1) is 12.0 Å². The van der Waals surface area contributed by atoms with Crippen LogP contribution >= 0.6 is 0 Å². The Morgan fingerprint density at radius 1 is 1.11 bits per heavy atom. The molecule has 1 heterocycles. The monoisotopic (exact) mass is 369 g/mol. The maximum Gasteiger partial charge on any atom is 0.311 e. The van der Waals surface area contributed by atoms with Crippen LogP contribution in [-0.2, 0) is 6.54 Å². The van der Waals surface area contributed by atoms with Gasteiger partial charge < -0.3 is 9.64 Å². The van der Waals surface area contributed by atoms with Crippen molar-refractivity contribution >= 4 is 11.6 Å². The molecule has 27 heavy (non-hydrogen) atoms. The maximum atomic E-state index is 12.7. The molecule has 142 valence electrons. The number of nitrogens with zero attached hydrogens (tertiary/aromatic N) is 3. The van der Waals surface area contributed by atoms with E-state index in [1.54, 1.807) is 11.0 Å². The van der Waals surface area contributed by atoms with Gasteiger partial charge in [-0.2, -0.15) is 0 Å². The second-order valence-electron chi connectivity index (χ2n) is 6.70. The summed E-state index contributed by atoms with van der Waals surface area (Å²) in [6.45, 7) is 5.68. The molecule has 0 unspecified atom stereocenters. The summed E-state index contributed by atoms with van der Waals surface area (Å²) in [7, 11) is 1.37. The first-order chi connectivity index (χ1) is 13.0. The molecule has 0 radical (unpaired) electrons. The van der Waals surface area contributed by atoms with Gasteiger partial charge in [-0.1, -0.05) is 29.8 Å². The summed E-state index contributed by atoms with van der Waals surface area (Å²) in [5, 5.41) is 11.2. The van der Waals surface area contributed by atoms with E-state index in [0.29, 0.717) is 18.7 Å². The standard InChI is InChI=1S/C20H23N3O4/c1-15-3-5-16(6-4-15)14-21-9-11-22(12-10-21)20(24)17-7-8-19(27-2)18(13-17)23(25)26/h3-8,13H,9-12,14H2,1-2H3. The lowest BCUT2D eigenvalue weighted by Gasteiger charge is -2.34. The Bertz CT molecular complexity index is 828. The van der Waals surface area contributed by atoms with Crippen LogP contribution in [0.4, 0.5) is 5.69 Å². The zero-order valence-corrected chi connectivity index (χ0v) is 15.6. The number of amides is 1. The number of ether oxygens (including phenoxy) is 1. The van der Waals surface area contributed by atoms with Crippen molar-refractivity contribution in [3.05, 3.63) is 69.3 Å². The maximum absolute atomic E-state index is 12.7. The third-order valence-electron chi connectivity index (χ3n) is 4.81. The molecule has 1 fully saturated rings. The van der Waals surface area contributed by atoms with Gasteiger partial charge in [-0.05, 0) is 24.6 Å². The molecule has 0 N–H and O–H groups in total. The number of methoxy groups -OCH3 is 1. The Kier molecular flexibility index (Phi) is 5.71. The van der Waals surface area contributed by atoms with E-state index in [-0.39, 0.29) is 17.3 Å². The predicted molar refractivity (Wildman–Crippen MR) is 102 cm³/mol.